The Kier molecular flexibility index (Phi) is 8.83. The van der Waals surface area contributed by atoms with E-state index in [0.29, 0.717) is 34.4 Å². The Morgan fingerprint density at radius 1 is 1.08 bits per heavy atom. The lowest BCUT2D eigenvalue weighted by molar-refractivity contribution is -0.137. The number of nitrogens with zero attached hydrogens (tertiary/aromatic N) is 1. The Labute approximate surface area is 236 Å². The first-order valence-corrected chi connectivity index (χ1v) is 13.1. The van der Waals surface area contributed by atoms with Crippen LogP contribution in [0, 0.1) is 0 Å². The molecule has 0 radical (unpaired) electrons. The molecule has 2 amide bonds. The van der Waals surface area contributed by atoms with Crippen molar-refractivity contribution in [2.24, 2.45) is 0 Å². The second-order valence-electron chi connectivity index (χ2n) is 8.05. The predicted molar refractivity (Wildman–Crippen MR) is 150 cm³/mol. The Morgan fingerprint density at radius 3 is 2.56 bits per heavy atom. The summed E-state index contributed by atoms with van der Waals surface area (Å²) in [5.41, 5.74) is 0.249. The van der Waals surface area contributed by atoms with Crippen LogP contribution in [0.25, 0.3) is 6.08 Å². The molecule has 1 fully saturated rings. The molecule has 0 unspecified atom stereocenters. The van der Waals surface area contributed by atoms with Gasteiger partial charge in [-0.05, 0) is 67.1 Å². The van der Waals surface area contributed by atoms with Gasteiger partial charge in [-0.2, -0.15) is 13.2 Å². The Hall–Kier alpha value is -3.54. The lowest BCUT2D eigenvalue weighted by Gasteiger charge is -2.16. The zero-order valence-electron chi connectivity index (χ0n) is 20.3. The monoisotopic (exact) mass is 592 g/mol. The third-order valence-electron chi connectivity index (χ3n) is 5.26. The summed E-state index contributed by atoms with van der Waals surface area (Å²) in [6.07, 6.45) is -2.99. The van der Waals surface area contributed by atoms with E-state index in [-0.39, 0.29) is 21.5 Å². The Morgan fingerprint density at radius 2 is 1.85 bits per heavy atom. The molecule has 4 rings (SSSR count). The number of ether oxygens (including phenoxy) is 2. The average Bonchev–Trinajstić information content (AvgIpc) is 3.15. The topological polar surface area (TPSA) is 67.9 Å². The van der Waals surface area contributed by atoms with Crippen molar-refractivity contribution in [1.82, 2.24) is 0 Å². The van der Waals surface area contributed by atoms with Crippen LogP contribution in [0.15, 0.2) is 71.6 Å². The number of carbonyl (C=O) groups is 2. The molecule has 3 aromatic rings. The molecule has 0 atom stereocenters. The van der Waals surface area contributed by atoms with Crippen molar-refractivity contribution >= 4 is 69.2 Å². The van der Waals surface area contributed by atoms with Crippen LogP contribution in [0.1, 0.15) is 18.1 Å². The van der Waals surface area contributed by atoms with E-state index in [1.165, 1.54) is 12.1 Å². The molecule has 0 saturated carbocycles. The number of nitrogens with one attached hydrogen (secondary N) is 1. The van der Waals surface area contributed by atoms with Crippen molar-refractivity contribution < 1.29 is 32.2 Å². The second-order valence-corrected chi connectivity index (χ2v) is 10.2. The van der Waals surface area contributed by atoms with Crippen LogP contribution in [0.2, 0.25) is 5.02 Å². The third kappa shape index (κ3) is 7.11. The number of amides is 2. The average molecular weight is 593 g/mol. The summed E-state index contributed by atoms with van der Waals surface area (Å²) in [7, 11) is 0. The molecular formula is C27H20ClF3N2O4S2. The normalized spacial score (nSPS) is 14.6. The van der Waals surface area contributed by atoms with Gasteiger partial charge in [-0.15, -0.1) is 0 Å². The standard InChI is InChI=1S/C27H20ClF3N2O4S2/c1-2-36-22-11-16(9-10-21(22)37-15-24(34)32-19-7-4-6-18(28)14-19)12-23-25(35)33(26(38)39-23)20-8-3-5-17(13-20)27(29,30)31/h3-14H,2,15H2,1H3,(H,32,34)/b23-12-. The molecule has 1 heterocycles. The lowest BCUT2D eigenvalue weighted by Crippen LogP contribution is -2.27. The highest BCUT2D eigenvalue weighted by molar-refractivity contribution is 8.27. The summed E-state index contributed by atoms with van der Waals surface area (Å²) < 4.78 is 50.9. The zero-order valence-corrected chi connectivity index (χ0v) is 22.6. The van der Waals surface area contributed by atoms with Gasteiger partial charge in [0.1, 0.15) is 0 Å². The molecule has 1 aliphatic rings. The van der Waals surface area contributed by atoms with Gasteiger partial charge in [0.15, 0.2) is 22.4 Å². The van der Waals surface area contributed by atoms with Crippen molar-refractivity contribution in [3.63, 3.8) is 0 Å². The van der Waals surface area contributed by atoms with Crippen LogP contribution in [-0.4, -0.2) is 29.3 Å². The molecule has 1 N–H and O–H groups in total. The summed E-state index contributed by atoms with van der Waals surface area (Å²) in [6.45, 7) is 1.80. The van der Waals surface area contributed by atoms with Crippen LogP contribution in [0.5, 0.6) is 11.5 Å². The maximum Gasteiger partial charge on any atom is 0.416 e. The van der Waals surface area contributed by atoms with E-state index in [2.05, 4.69) is 5.32 Å². The maximum atomic E-state index is 13.2. The Balaban J connectivity index is 1.49. The van der Waals surface area contributed by atoms with Crippen molar-refractivity contribution in [2.75, 3.05) is 23.4 Å². The molecule has 1 aliphatic heterocycles. The van der Waals surface area contributed by atoms with Crippen molar-refractivity contribution in [1.29, 1.82) is 0 Å². The number of alkyl halides is 3. The van der Waals surface area contributed by atoms with Crippen molar-refractivity contribution in [3.8, 4) is 11.5 Å². The lowest BCUT2D eigenvalue weighted by atomic mass is 10.1. The fraction of sp³-hybridized carbons (Fsp3) is 0.148. The first kappa shape index (κ1) is 28.5. The van der Waals surface area contributed by atoms with Gasteiger partial charge in [-0.25, -0.2) is 0 Å². The molecule has 39 heavy (non-hydrogen) atoms. The summed E-state index contributed by atoms with van der Waals surface area (Å²) in [6, 6.07) is 16.0. The second kappa shape index (κ2) is 12.1. The minimum atomic E-state index is -4.55. The Bertz CT molecular complexity index is 1460. The number of halogens is 4. The number of hydrogen-bond donors (Lipinski definition) is 1. The SMILES string of the molecule is CCOc1cc(/C=C2\SC(=S)N(c3cccc(C(F)(F)F)c3)C2=O)ccc1OCC(=O)Nc1cccc(Cl)c1. The number of rotatable bonds is 8. The first-order valence-electron chi connectivity index (χ1n) is 11.5. The number of hydrogen-bond acceptors (Lipinski definition) is 6. The van der Waals surface area contributed by atoms with Gasteiger partial charge in [0.2, 0.25) is 0 Å². The highest BCUT2D eigenvalue weighted by Crippen LogP contribution is 2.39. The van der Waals surface area contributed by atoms with Gasteiger partial charge in [0.05, 0.1) is 22.8 Å². The largest absolute Gasteiger partial charge is 0.490 e. The van der Waals surface area contributed by atoms with Crippen LogP contribution in [0.4, 0.5) is 24.5 Å². The van der Waals surface area contributed by atoms with Crippen LogP contribution < -0.4 is 19.7 Å². The van der Waals surface area contributed by atoms with Gasteiger partial charge in [-0.1, -0.05) is 53.8 Å². The summed E-state index contributed by atoms with van der Waals surface area (Å²) >= 11 is 12.2. The van der Waals surface area contributed by atoms with Crippen LogP contribution in [0.3, 0.4) is 0 Å². The molecule has 3 aromatic carbocycles. The van der Waals surface area contributed by atoms with E-state index in [1.54, 1.807) is 55.5 Å². The fourth-order valence-corrected chi connectivity index (χ4v) is 5.06. The van der Waals surface area contributed by atoms with Gasteiger partial charge < -0.3 is 14.8 Å². The van der Waals surface area contributed by atoms with E-state index >= 15 is 0 Å². The van der Waals surface area contributed by atoms with E-state index in [9.17, 15) is 22.8 Å². The number of thioether (sulfide) groups is 1. The predicted octanol–water partition coefficient (Wildman–Crippen LogP) is 7.18. The van der Waals surface area contributed by atoms with E-state index in [1.807, 2.05) is 0 Å². The molecule has 0 aromatic heterocycles. The van der Waals surface area contributed by atoms with E-state index < -0.39 is 23.6 Å². The fourth-order valence-electron chi connectivity index (χ4n) is 3.57. The summed E-state index contributed by atoms with van der Waals surface area (Å²) in [4.78, 5) is 26.7. The third-order valence-corrected chi connectivity index (χ3v) is 6.80. The van der Waals surface area contributed by atoms with Gasteiger partial charge in [-0.3, -0.25) is 14.5 Å². The molecule has 0 spiro atoms. The van der Waals surface area contributed by atoms with Crippen molar-refractivity contribution in [2.45, 2.75) is 13.1 Å². The molecule has 6 nitrogen and oxygen atoms in total. The van der Waals surface area contributed by atoms with Gasteiger partial charge >= 0.3 is 6.18 Å². The van der Waals surface area contributed by atoms with Crippen LogP contribution >= 0.6 is 35.6 Å². The summed E-state index contributed by atoms with van der Waals surface area (Å²) in [5.74, 6) is -0.288. The number of thiocarbonyl (C=S) groups is 1. The maximum absolute atomic E-state index is 13.2. The molecular weight excluding hydrogens is 573 g/mol. The van der Waals surface area contributed by atoms with Crippen LogP contribution in [-0.2, 0) is 15.8 Å². The number of benzene rings is 3. The highest BCUT2D eigenvalue weighted by atomic mass is 35.5. The van der Waals surface area contributed by atoms with Gasteiger partial charge in [0, 0.05) is 10.7 Å². The first-order chi connectivity index (χ1) is 18.5. The van der Waals surface area contributed by atoms with Crippen molar-refractivity contribution in [3.05, 3.63) is 87.8 Å². The molecule has 1 saturated heterocycles. The summed E-state index contributed by atoms with van der Waals surface area (Å²) in [5, 5.41) is 3.17. The highest BCUT2D eigenvalue weighted by Gasteiger charge is 2.36. The van der Waals surface area contributed by atoms with E-state index in [0.717, 1.165) is 28.8 Å². The van der Waals surface area contributed by atoms with E-state index in [4.69, 9.17) is 33.3 Å². The molecule has 0 bridgehead atoms. The molecule has 202 valence electrons. The zero-order chi connectivity index (χ0) is 28.2. The smallest absolute Gasteiger partial charge is 0.416 e. The minimum absolute atomic E-state index is 0.0329. The number of anilines is 2. The molecule has 12 heteroatoms. The van der Waals surface area contributed by atoms with Gasteiger partial charge in [0.25, 0.3) is 11.8 Å². The number of carbonyl (C=O) groups excluding carboxylic acids is 2. The quantitative estimate of drug-likeness (QED) is 0.221. The molecule has 0 aliphatic carbocycles. The minimum Gasteiger partial charge on any atom is -0.490 e.